The number of ether oxygens (including phenoxy) is 2. The van der Waals surface area contributed by atoms with Crippen molar-refractivity contribution < 1.29 is 28.7 Å². The summed E-state index contributed by atoms with van der Waals surface area (Å²) in [6, 6.07) is 50.5. The third-order valence-corrected chi connectivity index (χ3v) is 10.1. The van der Waals surface area contributed by atoms with Crippen molar-refractivity contribution in [3.05, 3.63) is 215 Å². The minimum Gasteiger partial charge on any atom is -0.445 e. The number of amides is 2. The summed E-state index contributed by atoms with van der Waals surface area (Å²) in [7, 11) is 0. The summed E-state index contributed by atoms with van der Waals surface area (Å²) in [6.07, 6.45) is 0.812. The van der Waals surface area contributed by atoms with Gasteiger partial charge in [-0.3, -0.25) is 9.59 Å². The fourth-order valence-corrected chi connectivity index (χ4v) is 7.39. The largest absolute Gasteiger partial charge is 0.445 e. The van der Waals surface area contributed by atoms with Crippen LogP contribution in [0.1, 0.15) is 63.5 Å². The van der Waals surface area contributed by atoms with Crippen molar-refractivity contribution in [2.45, 2.75) is 44.4 Å². The first-order valence-electron chi connectivity index (χ1n) is 18.9. The van der Waals surface area contributed by atoms with Crippen LogP contribution in [0, 0.1) is 0 Å². The number of ketones is 1. The van der Waals surface area contributed by atoms with E-state index in [0.29, 0.717) is 5.56 Å². The molecule has 8 heteroatoms. The van der Waals surface area contributed by atoms with Crippen LogP contribution in [0.25, 0.3) is 11.1 Å². The number of fused-ring (bicyclic) bond motifs is 3. The van der Waals surface area contributed by atoms with Crippen LogP contribution in [0.2, 0.25) is 0 Å². The van der Waals surface area contributed by atoms with E-state index in [0.717, 1.165) is 45.4 Å². The van der Waals surface area contributed by atoms with E-state index in [1.165, 1.54) is 18.6 Å². The molecule has 0 unspecified atom stereocenters. The molecule has 0 spiro atoms. The first kappa shape index (κ1) is 38.2. The Morgan fingerprint density at radius 1 is 0.667 bits per heavy atom. The summed E-state index contributed by atoms with van der Waals surface area (Å²) >= 11 is 0. The SMILES string of the molecule is CC(=CC(=O)c1ccccc1)OC(=O)[C@H](CCC(=O)NC(c1ccccc1)(c1ccccc1)c1ccccc1)NC(=O)OCc1cccc2c1Cc1ccccc1-2. The normalized spacial score (nSPS) is 12.4. The highest BCUT2D eigenvalue weighted by Crippen LogP contribution is 2.39. The molecule has 1 atom stereocenters. The molecule has 0 aliphatic heterocycles. The molecule has 6 aromatic carbocycles. The summed E-state index contributed by atoms with van der Waals surface area (Å²) in [4.78, 5) is 54.2. The Morgan fingerprint density at radius 3 is 1.82 bits per heavy atom. The number of hydrogen-bond acceptors (Lipinski definition) is 6. The van der Waals surface area contributed by atoms with E-state index in [-0.39, 0.29) is 36.9 Å². The Bertz CT molecular complexity index is 2300. The summed E-state index contributed by atoms with van der Waals surface area (Å²) in [5.74, 6) is -1.52. The Kier molecular flexibility index (Phi) is 11.8. The monoisotopic (exact) mass is 754 g/mol. The molecule has 7 rings (SSSR count). The third-order valence-electron chi connectivity index (χ3n) is 10.1. The molecule has 0 fully saturated rings. The zero-order chi connectivity index (χ0) is 39.6. The number of nitrogens with one attached hydrogen (secondary N) is 2. The summed E-state index contributed by atoms with van der Waals surface area (Å²) in [5.41, 5.74) is 7.28. The molecular weight excluding hydrogens is 713 g/mol. The zero-order valence-electron chi connectivity index (χ0n) is 31.5. The van der Waals surface area contributed by atoms with Gasteiger partial charge in [-0.2, -0.15) is 0 Å². The van der Waals surface area contributed by atoms with Gasteiger partial charge in [0.05, 0.1) is 0 Å². The van der Waals surface area contributed by atoms with Gasteiger partial charge in [-0.15, -0.1) is 0 Å². The number of carbonyl (C=O) groups excluding carboxylic acids is 4. The van der Waals surface area contributed by atoms with Crippen LogP contribution in [-0.2, 0) is 37.6 Å². The molecule has 1 aliphatic carbocycles. The molecule has 0 saturated heterocycles. The van der Waals surface area contributed by atoms with Crippen molar-refractivity contribution in [3.63, 3.8) is 0 Å². The Labute approximate surface area is 332 Å². The van der Waals surface area contributed by atoms with Gasteiger partial charge in [-0.05, 0) is 64.3 Å². The lowest BCUT2D eigenvalue weighted by atomic mass is 9.77. The van der Waals surface area contributed by atoms with Crippen molar-refractivity contribution in [2.24, 2.45) is 0 Å². The van der Waals surface area contributed by atoms with Crippen LogP contribution in [0.4, 0.5) is 4.79 Å². The topological polar surface area (TPSA) is 111 Å². The van der Waals surface area contributed by atoms with Crippen LogP contribution in [-0.4, -0.2) is 29.8 Å². The fraction of sp³-hybridized carbons (Fsp3) is 0.143. The molecule has 1 aliphatic rings. The van der Waals surface area contributed by atoms with Crippen molar-refractivity contribution in [2.75, 3.05) is 0 Å². The average Bonchev–Trinajstić information content (AvgIpc) is 3.64. The number of hydrogen-bond donors (Lipinski definition) is 2. The highest BCUT2D eigenvalue weighted by atomic mass is 16.6. The maximum atomic E-state index is 14.2. The standard InChI is InChI=1S/C49H42N2O6/c1-34(31-45(52)35-17-6-2-7-18-35)57-47(54)44(50-48(55)56-33-37-20-16-28-42-41-27-15-14-19-36(41)32-43(37)42)29-30-46(53)51-49(38-21-8-3-9-22-38,39-23-10-4-11-24-39)40-25-12-5-13-26-40/h2-28,31,44H,29-30,32-33H2,1H3,(H,50,55)(H,51,53)/t44-/m0/s1. The van der Waals surface area contributed by atoms with Gasteiger partial charge in [0.1, 0.15) is 23.9 Å². The van der Waals surface area contributed by atoms with Crippen LogP contribution < -0.4 is 10.6 Å². The predicted molar refractivity (Wildman–Crippen MR) is 219 cm³/mol. The summed E-state index contributed by atoms with van der Waals surface area (Å²) < 4.78 is 11.3. The number of carbonyl (C=O) groups is 4. The van der Waals surface area contributed by atoms with Crippen LogP contribution in [0.5, 0.6) is 0 Å². The number of benzene rings is 6. The van der Waals surface area contributed by atoms with E-state index in [9.17, 15) is 19.2 Å². The Morgan fingerprint density at radius 2 is 1.21 bits per heavy atom. The average molecular weight is 755 g/mol. The van der Waals surface area contributed by atoms with Crippen molar-refractivity contribution in [1.82, 2.24) is 10.6 Å². The molecule has 0 saturated carbocycles. The van der Waals surface area contributed by atoms with Gasteiger partial charge < -0.3 is 20.1 Å². The third kappa shape index (κ3) is 8.76. The lowest BCUT2D eigenvalue weighted by Crippen LogP contribution is -2.48. The second kappa shape index (κ2) is 17.6. The van der Waals surface area contributed by atoms with E-state index < -0.39 is 23.6 Å². The van der Waals surface area contributed by atoms with E-state index >= 15 is 0 Å². The van der Waals surface area contributed by atoms with Gasteiger partial charge in [0.25, 0.3) is 0 Å². The van der Waals surface area contributed by atoms with Crippen molar-refractivity contribution in [1.29, 1.82) is 0 Å². The maximum absolute atomic E-state index is 14.2. The molecule has 0 heterocycles. The van der Waals surface area contributed by atoms with Gasteiger partial charge in [-0.25, -0.2) is 9.59 Å². The smallest absolute Gasteiger partial charge is 0.408 e. The number of allylic oxidation sites excluding steroid dienone is 2. The van der Waals surface area contributed by atoms with E-state index in [1.807, 2.05) is 115 Å². The van der Waals surface area contributed by atoms with Gasteiger partial charge in [0.2, 0.25) is 5.91 Å². The fourth-order valence-electron chi connectivity index (χ4n) is 7.39. The quantitative estimate of drug-likeness (QED) is 0.0377. The minimum absolute atomic E-state index is 0.0243. The zero-order valence-corrected chi connectivity index (χ0v) is 31.5. The Balaban J connectivity index is 1.11. The van der Waals surface area contributed by atoms with Crippen molar-refractivity contribution in [3.8, 4) is 11.1 Å². The second-order valence-corrected chi connectivity index (χ2v) is 13.9. The second-order valence-electron chi connectivity index (χ2n) is 13.9. The maximum Gasteiger partial charge on any atom is 0.408 e. The van der Waals surface area contributed by atoms with Crippen LogP contribution in [0.3, 0.4) is 0 Å². The molecular formula is C49H42N2O6. The molecule has 8 nitrogen and oxygen atoms in total. The molecule has 0 bridgehead atoms. The first-order chi connectivity index (χ1) is 27.8. The first-order valence-corrected chi connectivity index (χ1v) is 18.9. The number of alkyl carbamates (subject to hydrolysis) is 1. The molecule has 2 amide bonds. The Hall–Kier alpha value is -7.06. The van der Waals surface area contributed by atoms with E-state index in [4.69, 9.17) is 9.47 Å². The molecule has 284 valence electrons. The van der Waals surface area contributed by atoms with Gasteiger partial charge >= 0.3 is 12.1 Å². The van der Waals surface area contributed by atoms with Gasteiger partial charge in [-0.1, -0.05) is 164 Å². The number of esters is 1. The highest BCUT2D eigenvalue weighted by molar-refractivity contribution is 6.04. The predicted octanol–water partition coefficient (Wildman–Crippen LogP) is 9.07. The van der Waals surface area contributed by atoms with Gasteiger partial charge in [0, 0.05) is 18.1 Å². The summed E-state index contributed by atoms with van der Waals surface area (Å²) in [5, 5.41) is 5.95. The minimum atomic E-state index is -1.29. The van der Waals surface area contributed by atoms with E-state index in [2.05, 4.69) is 28.8 Å². The van der Waals surface area contributed by atoms with Crippen molar-refractivity contribution >= 4 is 23.8 Å². The van der Waals surface area contributed by atoms with E-state index in [1.54, 1.807) is 30.3 Å². The molecule has 0 radical (unpaired) electrons. The van der Waals surface area contributed by atoms with Crippen LogP contribution in [0.15, 0.2) is 176 Å². The number of rotatable bonds is 14. The lowest BCUT2D eigenvalue weighted by Gasteiger charge is -2.37. The van der Waals surface area contributed by atoms with Crippen LogP contribution >= 0.6 is 0 Å². The summed E-state index contributed by atoms with van der Waals surface area (Å²) in [6.45, 7) is 1.46. The van der Waals surface area contributed by atoms with Gasteiger partial charge in [0.15, 0.2) is 5.78 Å². The molecule has 57 heavy (non-hydrogen) atoms. The molecule has 0 aromatic heterocycles. The lowest BCUT2D eigenvalue weighted by molar-refractivity contribution is -0.142. The molecule has 2 N–H and O–H groups in total. The highest BCUT2D eigenvalue weighted by Gasteiger charge is 2.38. The molecule has 6 aromatic rings.